The van der Waals surface area contributed by atoms with Crippen molar-refractivity contribution in [3.05, 3.63) is 117 Å². The zero-order chi connectivity index (χ0) is 61.9. The Labute approximate surface area is 487 Å². The third kappa shape index (κ3) is 21.4. The van der Waals surface area contributed by atoms with Gasteiger partial charge < -0.3 is 80.4 Å². The number of guanidine groups is 3. The Hall–Kier alpha value is -9.59. The Morgan fingerprint density at radius 1 is 0.429 bits per heavy atom. The molecule has 18 N–H and O–H groups in total. The van der Waals surface area contributed by atoms with Gasteiger partial charge in [-0.3, -0.25) is 53.3 Å². The van der Waals surface area contributed by atoms with Gasteiger partial charge in [0.1, 0.15) is 28.8 Å². The van der Waals surface area contributed by atoms with Crippen LogP contribution in [0.2, 0.25) is 0 Å². The average Bonchev–Trinajstić information content (AvgIpc) is 3.63. The normalized spacial score (nSPS) is 11.7. The molecule has 452 valence electrons. The van der Waals surface area contributed by atoms with Crippen LogP contribution >= 0.6 is 0 Å². The summed E-state index contributed by atoms with van der Waals surface area (Å²) in [5, 5.41) is 11.1. The highest BCUT2D eigenvalue weighted by molar-refractivity contribution is 6.04. The minimum absolute atomic E-state index is 0.00765. The third-order valence-corrected chi connectivity index (χ3v) is 13.0. The summed E-state index contributed by atoms with van der Waals surface area (Å²) in [7, 11) is 5.50. The number of hydrogen-bond donors (Lipinski definition) is 11. The lowest BCUT2D eigenvalue weighted by atomic mass is 9.96. The standard InChI is InChI=1S/C58H78N14O12/c1-33(73)25-34-12-16-49(82-3)39(26-34)53(78)70-43(10-7-22-68-57(62)63)46(75)31-36-14-18-51(84-5)41(28-36)55(80)72-44(11-8-23-69-58(64)65)47(76)32-37-15-19-50(83-4)40(29-37)54(79)71-42(9-6-21-67-56(60)61)45(74)30-35-13-17-48(81-2)38(27-35)52(77)66-24-20-59/h12-19,26-29,42-44H,6-11,20-25,30-32,59H2,1-5H3,(H,66,77)(H,70,78)(H,71,79)(H,72,80)(H4,60,61,67)(H4,62,63,68)(H4,64,65,69)/t42-,43-,44-/m1/s1. The molecule has 4 aromatic rings. The zero-order valence-electron chi connectivity index (χ0n) is 48.0. The number of nitrogens with two attached hydrogens (primary N) is 7. The molecule has 4 rings (SSSR count). The van der Waals surface area contributed by atoms with Crippen LogP contribution in [0, 0.1) is 0 Å². The van der Waals surface area contributed by atoms with Crippen LogP contribution in [0.5, 0.6) is 23.0 Å². The Bertz CT molecular complexity index is 3080. The van der Waals surface area contributed by atoms with E-state index in [1.165, 1.54) is 71.8 Å². The molecule has 0 aliphatic heterocycles. The summed E-state index contributed by atoms with van der Waals surface area (Å²) in [6.07, 6.45) is 0.461. The van der Waals surface area contributed by atoms with Gasteiger partial charge in [-0.05, 0) is 116 Å². The van der Waals surface area contributed by atoms with Crippen molar-refractivity contribution in [3.8, 4) is 23.0 Å². The van der Waals surface area contributed by atoms with Gasteiger partial charge in [-0.15, -0.1) is 0 Å². The third-order valence-electron chi connectivity index (χ3n) is 13.0. The van der Waals surface area contributed by atoms with Crippen molar-refractivity contribution in [2.24, 2.45) is 55.1 Å². The number of nitrogens with one attached hydrogen (secondary N) is 4. The maximum absolute atomic E-state index is 14.4. The predicted molar refractivity (Wildman–Crippen MR) is 317 cm³/mol. The quantitative estimate of drug-likeness (QED) is 0.0167. The van der Waals surface area contributed by atoms with E-state index >= 15 is 0 Å². The van der Waals surface area contributed by atoms with E-state index in [1.807, 2.05) is 0 Å². The van der Waals surface area contributed by atoms with Crippen molar-refractivity contribution in [1.29, 1.82) is 0 Å². The molecule has 4 aromatic carbocycles. The van der Waals surface area contributed by atoms with E-state index < -0.39 is 59.1 Å². The summed E-state index contributed by atoms with van der Waals surface area (Å²) in [5.74, 6) is -3.66. The molecule has 0 aliphatic carbocycles. The second-order valence-corrected chi connectivity index (χ2v) is 19.4. The minimum Gasteiger partial charge on any atom is -0.496 e. The molecular weight excluding hydrogens is 1080 g/mol. The van der Waals surface area contributed by atoms with Gasteiger partial charge in [-0.25, -0.2) is 0 Å². The molecule has 26 nitrogen and oxygen atoms in total. The summed E-state index contributed by atoms with van der Waals surface area (Å²) < 4.78 is 21.9. The van der Waals surface area contributed by atoms with Crippen LogP contribution < -0.4 is 80.4 Å². The van der Waals surface area contributed by atoms with E-state index in [2.05, 4.69) is 36.2 Å². The summed E-state index contributed by atoms with van der Waals surface area (Å²) in [6, 6.07) is 15.2. The van der Waals surface area contributed by atoms with Gasteiger partial charge in [0.15, 0.2) is 35.2 Å². The number of carbonyl (C=O) groups excluding carboxylic acids is 8. The lowest BCUT2D eigenvalue weighted by Crippen LogP contribution is -2.42. The average molecular weight is 1160 g/mol. The van der Waals surface area contributed by atoms with Gasteiger partial charge in [0.25, 0.3) is 23.6 Å². The predicted octanol–water partition coefficient (Wildman–Crippen LogP) is 0.432. The first-order chi connectivity index (χ1) is 40.1. The number of benzene rings is 4. The number of methoxy groups -OCH3 is 4. The number of Topliss-reactive ketones (excluding diaryl/α,β-unsaturated/α-hetero) is 4. The van der Waals surface area contributed by atoms with Crippen molar-refractivity contribution in [3.63, 3.8) is 0 Å². The van der Waals surface area contributed by atoms with Crippen LogP contribution in [0.15, 0.2) is 87.8 Å². The molecule has 0 radical (unpaired) electrons. The van der Waals surface area contributed by atoms with Gasteiger partial charge in [0.05, 0.1) is 68.8 Å². The SMILES string of the molecule is COc1ccc(CC(=O)[C@@H](CCCN=C(N)N)NC(=O)c2cc(CC(=O)[C@@H](CCCN=C(N)N)NC(=O)c3cc(CC(=O)[C@@H](CCCN=C(N)N)NC(=O)c4cc(CC(C)=O)ccc4OC)ccc3OC)ccc2OC)cc1C(=O)NCCN. The summed E-state index contributed by atoms with van der Waals surface area (Å²) in [6.45, 7) is 2.28. The van der Waals surface area contributed by atoms with E-state index in [4.69, 9.17) is 59.1 Å². The lowest BCUT2D eigenvalue weighted by molar-refractivity contribution is -0.121. The molecule has 0 spiro atoms. The molecule has 26 heteroatoms. The van der Waals surface area contributed by atoms with Crippen LogP contribution in [-0.2, 0) is 44.9 Å². The molecule has 0 unspecified atom stereocenters. The highest BCUT2D eigenvalue weighted by atomic mass is 16.5. The summed E-state index contributed by atoms with van der Waals surface area (Å²) in [4.78, 5) is 122. The summed E-state index contributed by atoms with van der Waals surface area (Å²) in [5.41, 5.74) is 40.9. The molecule has 0 saturated heterocycles. The van der Waals surface area contributed by atoms with Crippen molar-refractivity contribution < 1.29 is 57.3 Å². The fourth-order valence-electron chi connectivity index (χ4n) is 8.87. The molecule has 84 heavy (non-hydrogen) atoms. The molecule has 3 atom stereocenters. The molecule has 4 amide bonds. The van der Waals surface area contributed by atoms with Crippen LogP contribution in [0.4, 0.5) is 0 Å². The van der Waals surface area contributed by atoms with Crippen LogP contribution in [0.3, 0.4) is 0 Å². The zero-order valence-corrected chi connectivity index (χ0v) is 48.0. The number of ether oxygens (including phenoxy) is 4. The highest BCUT2D eigenvalue weighted by Gasteiger charge is 2.29. The van der Waals surface area contributed by atoms with Crippen molar-refractivity contribution in [2.75, 3.05) is 61.2 Å². The van der Waals surface area contributed by atoms with Gasteiger partial charge in [-0.1, -0.05) is 24.3 Å². The van der Waals surface area contributed by atoms with Crippen LogP contribution in [0.25, 0.3) is 0 Å². The van der Waals surface area contributed by atoms with Crippen molar-refractivity contribution >= 4 is 64.6 Å². The lowest BCUT2D eigenvalue weighted by Gasteiger charge is -2.21. The molecule has 0 heterocycles. The number of nitrogens with zero attached hydrogens (tertiary/aromatic N) is 3. The fraction of sp³-hybridized carbons (Fsp3) is 0.397. The molecule has 0 fully saturated rings. The van der Waals surface area contributed by atoms with Gasteiger partial charge >= 0.3 is 0 Å². The van der Waals surface area contributed by atoms with E-state index in [1.54, 1.807) is 36.4 Å². The fourth-order valence-corrected chi connectivity index (χ4v) is 8.87. The van der Waals surface area contributed by atoms with E-state index in [0.29, 0.717) is 35.1 Å². The minimum atomic E-state index is -1.16. The Kier molecular flexibility index (Phi) is 27.1. The number of hydrogen-bond acceptors (Lipinski definition) is 16. The van der Waals surface area contributed by atoms with Gasteiger partial charge in [0.2, 0.25) is 0 Å². The van der Waals surface area contributed by atoms with Crippen LogP contribution in [0.1, 0.15) is 109 Å². The number of aliphatic imine (C=N–C) groups is 3. The second-order valence-electron chi connectivity index (χ2n) is 19.4. The Balaban J connectivity index is 1.62. The van der Waals surface area contributed by atoms with Crippen molar-refractivity contribution in [2.45, 2.75) is 89.3 Å². The summed E-state index contributed by atoms with van der Waals surface area (Å²) >= 11 is 0. The monoisotopic (exact) mass is 1160 g/mol. The number of amides is 4. The van der Waals surface area contributed by atoms with Crippen LogP contribution in [-0.4, -0.2) is 144 Å². The van der Waals surface area contributed by atoms with E-state index in [-0.39, 0.29) is 153 Å². The topological polar surface area (TPSA) is 441 Å². The number of rotatable bonds is 36. The molecular formula is C58H78N14O12. The maximum Gasteiger partial charge on any atom is 0.255 e. The molecule has 0 bridgehead atoms. The van der Waals surface area contributed by atoms with Gasteiger partial charge in [-0.2, -0.15) is 0 Å². The molecule has 0 saturated carbocycles. The Morgan fingerprint density at radius 2 is 0.702 bits per heavy atom. The number of ketones is 4. The second kappa shape index (κ2) is 34.0. The molecule has 0 aliphatic rings. The largest absolute Gasteiger partial charge is 0.496 e. The number of carbonyl (C=O) groups is 8. The molecule has 0 aromatic heterocycles. The van der Waals surface area contributed by atoms with Crippen molar-refractivity contribution in [1.82, 2.24) is 21.3 Å². The highest BCUT2D eigenvalue weighted by Crippen LogP contribution is 2.26. The van der Waals surface area contributed by atoms with Gasteiger partial charge in [0, 0.05) is 58.4 Å². The van der Waals surface area contributed by atoms with E-state index in [9.17, 15) is 38.4 Å². The maximum atomic E-state index is 14.4. The Morgan fingerprint density at radius 3 is 0.952 bits per heavy atom. The van der Waals surface area contributed by atoms with E-state index in [0.717, 1.165) is 0 Å². The first-order valence-corrected chi connectivity index (χ1v) is 26.9. The smallest absolute Gasteiger partial charge is 0.255 e. The first kappa shape index (κ1) is 66.9. The first-order valence-electron chi connectivity index (χ1n) is 26.9.